The number of aromatic nitrogens is 4. The molecule has 0 radical (unpaired) electrons. The zero-order chi connectivity index (χ0) is 17.4. The number of fused-ring (bicyclic) bond motifs is 1. The van der Waals surface area contributed by atoms with Gasteiger partial charge in [0.05, 0.1) is 4.47 Å². The van der Waals surface area contributed by atoms with Gasteiger partial charge in [-0.1, -0.05) is 6.07 Å². The molecule has 0 aliphatic rings. The van der Waals surface area contributed by atoms with E-state index in [1.165, 1.54) is 6.07 Å². The van der Waals surface area contributed by atoms with Crippen LogP contribution in [-0.2, 0) is 12.8 Å². The fourth-order valence-electron chi connectivity index (χ4n) is 2.65. The number of aryl methyl sites for hydroxylation is 2. The first kappa shape index (κ1) is 15.8. The zero-order valence-corrected chi connectivity index (χ0v) is 14.4. The average molecular weight is 403 g/mol. The molecular formula is C17H12BrFN4O2. The third-order valence-corrected chi connectivity index (χ3v) is 4.58. The number of nitrogens with zero attached hydrogens (tertiary/aromatic N) is 3. The number of rotatable bonds is 4. The molecule has 2 aromatic carbocycles. The van der Waals surface area contributed by atoms with E-state index in [4.69, 9.17) is 4.42 Å². The first-order valence-electron chi connectivity index (χ1n) is 7.53. The lowest BCUT2D eigenvalue weighted by molar-refractivity contribution is 0.471. The summed E-state index contributed by atoms with van der Waals surface area (Å²) in [5.74, 6) is 0.654. The monoisotopic (exact) mass is 402 g/mol. The van der Waals surface area contributed by atoms with Crippen LogP contribution in [0.1, 0.15) is 11.1 Å². The van der Waals surface area contributed by atoms with E-state index in [1.54, 1.807) is 18.2 Å². The Bertz CT molecular complexity index is 1050. The number of halogens is 2. The van der Waals surface area contributed by atoms with E-state index in [0.717, 1.165) is 5.56 Å². The van der Waals surface area contributed by atoms with E-state index in [2.05, 4.69) is 36.6 Å². The van der Waals surface area contributed by atoms with Crippen molar-refractivity contribution in [2.24, 2.45) is 0 Å². The van der Waals surface area contributed by atoms with Crippen molar-refractivity contribution < 1.29 is 13.9 Å². The molecule has 2 heterocycles. The molecule has 4 aromatic rings. The highest BCUT2D eigenvalue weighted by Gasteiger charge is 2.13. The largest absolute Gasteiger partial charge is 0.507 e. The standard InChI is InChI=1S/C17H12BrFN4O2/c18-12-5-9(2-4-14(12)24)1-3-10-7-15-11(6-13(10)19)8-16(25-15)17-20-22-23-21-17/h2,4-8,24H,1,3H2,(H,20,21,22,23). The Hall–Kier alpha value is -2.74. The molecule has 126 valence electrons. The van der Waals surface area contributed by atoms with Crippen molar-refractivity contribution in [1.82, 2.24) is 20.6 Å². The van der Waals surface area contributed by atoms with Gasteiger partial charge in [0.2, 0.25) is 5.82 Å². The lowest BCUT2D eigenvalue weighted by Gasteiger charge is -2.05. The van der Waals surface area contributed by atoms with Gasteiger partial charge in [0.1, 0.15) is 17.1 Å². The summed E-state index contributed by atoms with van der Waals surface area (Å²) in [4.78, 5) is 0. The van der Waals surface area contributed by atoms with E-state index >= 15 is 0 Å². The van der Waals surface area contributed by atoms with Crippen LogP contribution in [0.2, 0.25) is 0 Å². The van der Waals surface area contributed by atoms with Gasteiger partial charge in [0, 0.05) is 5.39 Å². The summed E-state index contributed by atoms with van der Waals surface area (Å²) in [6.07, 6.45) is 1.15. The molecule has 8 heteroatoms. The second kappa shape index (κ2) is 6.29. The molecule has 0 fully saturated rings. The first-order chi connectivity index (χ1) is 12.1. The second-order valence-electron chi connectivity index (χ2n) is 5.61. The molecule has 2 N–H and O–H groups in total. The van der Waals surface area contributed by atoms with Crippen LogP contribution < -0.4 is 0 Å². The number of hydrogen-bond donors (Lipinski definition) is 2. The zero-order valence-electron chi connectivity index (χ0n) is 12.8. The summed E-state index contributed by atoms with van der Waals surface area (Å²) in [5.41, 5.74) is 2.13. The highest BCUT2D eigenvalue weighted by molar-refractivity contribution is 9.10. The quantitative estimate of drug-likeness (QED) is 0.538. The number of hydrogen-bond acceptors (Lipinski definition) is 5. The number of phenols is 1. The number of tetrazole rings is 1. The fraction of sp³-hybridized carbons (Fsp3) is 0.118. The van der Waals surface area contributed by atoms with Gasteiger partial charge in [0.25, 0.3) is 0 Å². The Balaban J connectivity index is 1.60. The van der Waals surface area contributed by atoms with Gasteiger partial charge in [-0.2, -0.15) is 5.21 Å². The van der Waals surface area contributed by atoms with Crippen LogP contribution >= 0.6 is 15.9 Å². The Morgan fingerprint density at radius 3 is 2.80 bits per heavy atom. The van der Waals surface area contributed by atoms with Crippen molar-refractivity contribution >= 4 is 26.9 Å². The number of furan rings is 1. The van der Waals surface area contributed by atoms with Crippen molar-refractivity contribution in [3.8, 4) is 17.3 Å². The molecule has 0 bridgehead atoms. The summed E-state index contributed by atoms with van der Waals surface area (Å²) >= 11 is 3.28. The minimum atomic E-state index is -0.286. The van der Waals surface area contributed by atoms with Crippen molar-refractivity contribution in [3.05, 3.63) is 57.8 Å². The average Bonchev–Trinajstić information content (AvgIpc) is 3.24. The van der Waals surface area contributed by atoms with Gasteiger partial charge >= 0.3 is 0 Å². The maximum Gasteiger partial charge on any atom is 0.239 e. The third kappa shape index (κ3) is 3.12. The van der Waals surface area contributed by atoms with Crippen molar-refractivity contribution in [3.63, 3.8) is 0 Å². The van der Waals surface area contributed by atoms with Crippen molar-refractivity contribution in [1.29, 1.82) is 0 Å². The van der Waals surface area contributed by atoms with Gasteiger partial charge in [-0.25, -0.2) is 4.39 Å². The normalized spacial score (nSPS) is 11.3. The topological polar surface area (TPSA) is 87.8 Å². The number of nitrogens with one attached hydrogen (secondary N) is 1. The lowest BCUT2D eigenvalue weighted by Crippen LogP contribution is -1.95. The number of phenolic OH excluding ortho intramolecular Hbond substituents is 1. The van der Waals surface area contributed by atoms with Gasteiger partial charge in [-0.05, 0) is 75.4 Å². The van der Waals surface area contributed by atoms with Crippen molar-refractivity contribution in [2.45, 2.75) is 12.8 Å². The Labute approximate surface area is 149 Å². The maximum atomic E-state index is 14.4. The van der Waals surface area contributed by atoms with Gasteiger partial charge in [0.15, 0.2) is 5.76 Å². The van der Waals surface area contributed by atoms with Gasteiger partial charge in [-0.15, -0.1) is 10.2 Å². The van der Waals surface area contributed by atoms with Crippen LogP contribution in [0.3, 0.4) is 0 Å². The summed E-state index contributed by atoms with van der Waals surface area (Å²) in [5, 5.41) is 23.7. The van der Waals surface area contributed by atoms with Gasteiger partial charge < -0.3 is 9.52 Å². The van der Waals surface area contributed by atoms with Crippen molar-refractivity contribution in [2.75, 3.05) is 0 Å². The molecular weight excluding hydrogens is 391 g/mol. The van der Waals surface area contributed by atoms with Crippen LogP contribution in [0, 0.1) is 5.82 Å². The molecule has 4 rings (SSSR count). The molecule has 6 nitrogen and oxygen atoms in total. The van der Waals surface area contributed by atoms with Crippen LogP contribution in [-0.4, -0.2) is 25.7 Å². The Morgan fingerprint density at radius 2 is 2.04 bits per heavy atom. The van der Waals surface area contributed by atoms with E-state index in [0.29, 0.717) is 45.4 Å². The molecule has 25 heavy (non-hydrogen) atoms. The molecule has 0 amide bonds. The molecule has 0 saturated carbocycles. The number of benzene rings is 2. The molecule has 0 aliphatic carbocycles. The molecule has 0 saturated heterocycles. The van der Waals surface area contributed by atoms with Crippen LogP contribution in [0.4, 0.5) is 4.39 Å². The van der Waals surface area contributed by atoms with E-state index < -0.39 is 0 Å². The predicted molar refractivity (Wildman–Crippen MR) is 92.6 cm³/mol. The van der Waals surface area contributed by atoms with E-state index in [9.17, 15) is 9.50 Å². The lowest BCUT2D eigenvalue weighted by atomic mass is 10.0. The second-order valence-corrected chi connectivity index (χ2v) is 6.47. The SMILES string of the molecule is Oc1ccc(CCc2cc3oc(-c4nn[nH]n4)cc3cc2F)cc1Br. The maximum absolute atomic E-state index is 14.4. The molecule has 2 aromatic heterocycles. The Kier molecular flexibility index (Phi) is 3.96. The summed E-state index contributed by atoms with van der Waals surface area (Å²) in [6.45, 7) is 0. The fourth-order valence-corrected chi connectivity index (χ4v) is 3.08. The number of H-pyrrole nitrogens is 1. The molecule has 0 atom stereocenters. The minimum Gasteiger partial charge on any atom is -0.507 e. The number of aromatic hydroxyl groups is 1. The minimum absolute atomic E-state index is 0.181. The first-order valence-corrected chi connectivity index (χ1v) is 8.32. The third-order valence-electron chi connectivity index (χ3n) is 3.95. The summed E-state index contributed by atoms with van der Waals surface area (Å²) < 4.78 is 20.7. The molecule has 0 aliphatic heterocycles. The Morgan fingerprint density at radius 1 is 1.16 bits per heavy atom. The smallest absolute Gasteiger partial charge is 0.239 e. The predicted octanol–water partition coefficient (Wildman–Crippen LogP) is 4.01. The summed E-state index contributed by atoms with van der Waals surface area (Å²) in [6, 6.07) is 10.1. The van der Waals surface area contributed by atoms with E-state index in [1.807, 2.05) is 12.1 Å². The van der Waals surface area contributed by atoms with E-state index in [-0.39, 0.29) is 11.6 Å². The molecule has 0 spiro atoms. The highest BCUT2D eigenvalue weighted by atomic mass is 79.9. The molecule has 0 unspecified atom stereocenters. The van der Waals surface area contributed by atoms with Gasteiger partial charge in [-0.3, -0.25) is 0 Å². The summed E-state index contributed by atoms with van der Waals surface area (Å²) in [7, 11) is 0. The van der Waals surface area contributed by atoms with Crippen LogP contribution in [0.5, 0.6) is 5.75 Å². The highest BCUT2D eigenvalue weighted by Crippen LogP contribution is 2.29. The van der Waals surface area contributed by atoms with Crippen LogP contribution in [0.25, 0.3) is 22.6 Å². The van der Waals surface area contributed by atoms with Crippen LogP contribution in [0.15, 0.2) is 45.3 Å². The number of aromatic amines is 1.